The first kappa shape index (κ1) is 16.5. The van der Waals surface area contributed by atoms with Crippen molar-refractivity contribution in [3.63, 3.8) is 0 Å². The van der Waals surface area contributed by atoms with E-state index in [1.807, 2.05) is 45.0 Å². The lowest BCUT2D eigenvalue weighted by Gasteiger charge is -2.31. The van der Waals surface area contributed by atoms with Gasteiger partial charge < -0.3 is 15.4 Å². The van der Waals surface area contributed by atoms with Crippen molar-refractivity contribution in [2.24, 2.45) is 11.8 Å². The van der Waals surface area contributed by atoms with E-state index in [9.17, 15) is 9.59 Å². The lowest BCUT2D eigenvalue weighted by Crippen LogP contribution is -2.48. The van der Waals surface area contributed by atoms with E-state index in [4.69, 9.17) is 4.74 Å². The minimum Gasteiger partial charge on any atom is -0.468 e. The fourth-order valence-corrected chi connectivity index (χ4v) is 2.48. The van der Waals surface area contributed by atoms with Gasteiger partial charge in [-0.2, -0.15) is 0 Å². The molecule has 0 saturated carbocycles. The van der Waals surface area contributed by atoms with Crippen molar-refractivity contribution in [3.8, 4) is 0 Å². The van der Waals surface area contributed by atoms with Crippen LogP contribution in [0.25, 0.3) is 0 Å². The molecule has 120 valence electrons. The average Bonchev–Trinajstić information content (AvgIpc) is 2.45. The highest BCUT2D eigenvalue weighted by molar-refractivity contribution is 5.92. The summed E-state index contributed by atoms with van der Waals surface area (Å²) in [5.41, 5.74) is 0.893. The first-order valence-electron chi connectivity index (χ1n) is 7.56. The van der Waals surface area contributed by atoms with E-state index in [1.165, 1.54) is 7.11 Å². The van der Waals surface area contributed by atoms with E-state index in [1.54, 1.807) is 0 Å². The maximum Gasteiger partial charge on any atom is 0.315 e. The third kappa shape index (κ3) is 3.30. The van der Waals surface area contributed by atoms with Crippen molar-refractivity contribution in [2.75, 3.05) is 25.5 Å². The molecule has 1 unspecified atom stereocenters. The summed E-state index contributed by atoms with van der Waals surface area (Å²) >= 11 is 0. The van der Waals surface area contributed by atoms with Crippen LogP contribution in [-0.2, 0) is 19.7 Å². The Morgan fingerprint density at radius 1 is 1.27 bits per heavy atom. The van der Waals surface area contributed by atoms with Crippen molar-refractivity contribution >= 4 is 17.6 Å². The molecule has 1 heterocycles. The summed E-state index contributed by atoms with van der Waals surface area (Å²) in [5.74, 6) is 0.159. The first-order valence-corrected chi connectivity index (χ1v) is 7.56. The molecule has 2 N–H and O–H groups in total. The molecule has 0 spiro atoms. The van der Waals surface area contributed by atoms with Gasteiger partial charge in [0.05, 0.1) is 12.5 Å². The van der Waals surface area contributed by atoms with E-state index < -0.39 is 5.41 Å². The molecular formula is C17H24N2O3. The number of esters is 1. The number of carbonyl (C=O) groups excluding carboxylic acids is 2. The van der Waals surface area contributed by atoms with Gasteiger partial charge in [0, 0.05) is 11.6 Å². The van der Waals surface area contributed by atoms with Crippen LogP contribution >= 0.6 is 0 Å². The summed E-state index contributed by atoms with van der Waals surface area (Å²) < 4.78 is 4.83. The molecule has 1 aromatic rings. The average molecular weight is 304 g/mol. The highest BCUT2D eigenvalue weighted by Crippen LogP contribution is 2.26. The van der Waals surface area contributed by atoms with Gasteiger partial charge in [-0.25, -0.2) is 0 Å². The molecule has 1 aromatic carbocycles. The monoisotopic (exact) mass is 304 g/mol. The van der Waals surface area contributed by atoms with E-state index in [2.05, 4.69) is 10.6 Å². The van der Waals surface area contributed by atoms with Crippen LogP contribution < -0.4 is 10.6 Å². The third-order valence-electron chi connectivity index (χ3n) is 4.50. The molecule has 0 radical (unpaired) electrons. The molecule has 1 aliphatic heterocycles. The Bertz CT molecular complexity index is 548. The van der Waals surface area contributed by atoms with Crippen LogP contribution in [0.5, 0.6) is 0 Å². The number of benzene rings is 1. The fraction of sp³-hybridized carbons (Fsp3) is 0.529. The summed E-state index contributed by atoms with van der Waals surface area (Å²) in [5, 5.41) is 6.11. The third-order valence-corrected chi connectivity index (χ3v) is 4.50. The van der Waals surface area contributed by atoms with Crippen LogP contribution in [0.3, 0.4) is 0 Å². The SMILES string of the molecule is COC(=O)C(C)(C)c1ccc(NC(=O)C(C)C2CNC2)cc1. The van der Waals surface area contributed by atoms with Crippen molar-refractivity contribution in [2.45, 2.75) is 26.2 Å². The fourth-order valence-electron chi connectivity index (χ4n) is 2.48. The predicted molar refractivity (Wildman–Crippen MR) is 85.6 cm³/mol. The molecule has 0 aliphatic carbocycles. The summed E-state index contributed by atoms with van der Waals surface area (Å²) in [6.45, 7) is 7.40. The molecule has 22 heavy (non-hydrogen) atoms. The normalized spacial score (nSPS) is 16.5. The van der Waals surface area contributed by atoms with E-state index in [0.29, 0.717) is 5.92 Å². The van der Waals surface area contributed by atoms with E-state index >= 15 is 0 Å². The molecule has 1 atom stereocenters. The zero-order valence-corrected chi connectivity index (χ0v) is 13.6. The molecular weight excluding hydrogens is 280 g/mol. The second-order valence-electron chi connectivity index (χ2n) is 6.39. The van der Waals surface area contributed by atoms with Crippen LogP contribution in [0.1, 0.15) is 26.3 Å². The summed E-state index contributed by atoms with van der Waals surface area (Å²) in [7, 11) is 1.38. The molecule has 1 aliphatic rings. The number of methoxy groups -OCH3 is 1. The Balaban J connectivity index is 2.02. The van der Waals surface area contributed by atoms with E-state index in [-0.39, 0.29) is 17.8 Å². The smallest absolute Gasteiger partial charge is 0.315 e. The van der Waals surface area contributed by atoms with Gasteiger partial charge in [0.25, 0.3) is 0 Å². The zero-order chi connectivity index (χ0) is 16.3. The number of hydrogen-bond acceptors (Lipinski definition) is 4. The Kier molecular flexibility index (Phi) is 4.86. The van der Waals surface area contributed by atoms with Crippen molar-refractivity contribution < 1.29 is 14.3 Å². The van der Waals surface area contributed by atoms with Gasteiger partial charge >= 0.3 is 5.97 Å². The van der Waals surface area contributed by atoms with Gasteiger partial charge in [0.2, 0.25) is 5.91 Å². The highest BCUT2D eigenvalue weighted by atomic mass is 16.5. The number of carbonyl (C=O) groups is 2. The molecule has 1 fully saturated rings. The van der Waals surface area contributed by atoms with Crippen molar-refractivity contribution in [3.05, 3.63) is 29.8 Å². The standard InChI is InChI=1S/C17H24N2O3/c1-11(12-9-18-10-12)15(20)19-14-7-5-13(6-8-14)17(2,3)16(21)22-4/h5-8,11-12,18H,9-10H2,1-4H3,(H,19,20). The summed E-state index contributed by atoms with van der Waals surface area (Å²) in [4.78, 5) is 24.0. The van der Waals surface area contributed by atoms with Crippen LogP contribution in [0.2, 0.25) is 0 Å². The maximum atomic E-state index is 12.2. The van der Waals surface area contributed by atoms with Crippen molar-refractivity contribution in [1.29, 1.82) is 0 Å². The molecule has 0 bridgehead atoms. The molecule has 0 aromatic heterocycles. The van der Waals surface area contributed by atoms with E-state index in [0.717, 1.165) is 24.3 Å². The van der Waals surface area contributed by atoms with Gasteiger partial charge in [-0.1, -0.05) is 19.1 Å². The number of nitrogens with one attached hydrogen (secondary N) is 2. The summed E-state index contributed by atoms with van der Waals surface area (Å²) in [6, 6.07) is 7.34. The van der Waals surface area contributed by atoms with Gasteiger partial charge in [0.15, 0.2) is 0 Å². The van der Waals surface area contributed by atoms with Crippen LogP contribution in [0.4, 0.5) is 5.69 Å². The number of amides is 1. The summed E-state index contributed by atoms with van der Waals surface area (Å²) in [6.07, 6.45) is 0. The van der Waals surface area contributed by atoms with Gasteiger partial charge in [-0.3, -0.25) is 9.59 Å². The lowest BCUT2D eigenvalue weighted by molar-refractivity contribution is -0.146. The topological polar surface area (TPSA) is 67.4 Å². The van der Waals surface area contributed by atoms with Crippen LogP contribution in [0, 0.1) is 11.8 Å². The lowest BCUT2D eigenvalue weighted by atomic mass is 9.84. The van der Waals surface area contributed by atoms with Gasteiger partial charge in [-0.05, 0) is 50.6 Å². The highest BCUT2D eigenvalue weighted by Gasteiger charge is 2.31. The Morgan fingerprint density at radius 3 is 2.32 bits per heavy atom. The first-order chi connectivity index (χ1) is 10.4. The number of ether oxygens (including phenoxy) is 1. The molecule has 5 nitrogen and oxygen atoms in total. The second-order valence-corrected chi connectivity index (χ2v) is 6.39. The van der Waals surface area contributed by atoms with Crippen LogP contribution in [0.15, 0.2) is 24.3 Å². The molecule has 1 saturated heterocycles. The van der Waals surface area contributed by atoms with Gasteiger partial charge in [-0.15, -0.1) is 0 Å². The Morgan fingerprint density at radius 2 is 1.86 bits per heavy atom. The number of anilines is 1. The second kappa shape index (κ2) is 6.48. The largest absolute Gasteiger partial charge is 0.468 e. The molecule has 5 heteroatoms. The quantitative estimate of drug-likeness (QED) is 0.816. The molecule has 1 amide bonds. The zero-order valence-electron chi connectivity index (χ0n) is 13.6. The van der Waals surface area contributed by atoms with Gasteiger partial charge in [0.1, 0.15) is 0 Å². The van der Waals surface area contributed by atoms with Crippen LogP contribution in [-0.4, -0.2) is 32.1 Å². The van der Waals surface area contributed by atoms with Crippen molar-refractivity contribution in [1.82, 2.24) is 5.32 Å². The number of rotatable bonds is 5. The minimum atomic E-state index is -0.706. The Labute approximate surface area is 131 Å². The predicted octanol–water partition coefficient (Wildman–Crippen LogP) is 1.93. The Hall–Kier alpha value is -1.88. The minimum absolute atomic E-state index is 0.00700. The number of hydrogen-bond donors (Lipinski definition) is 2. The maximum absolute atomic E-state index is 12.2. The molecule has 2 rings (SSSR count).